The number of hydrogen-bond acceptors (Lipinski definition) is 2. The topological polar surface area (TPSA) is 49.3 Å². The molecule has 0 radical (unpaired) electrons. The summed E-state index contributed by atoms with van der Waals surface area (Å²) < 4.78 is 0.784. The molecule has 0 saturated heterocycles. The van der Waals surface area contributed by atoms with Gasteiger partial charge in [0.2, 0.25) is 0 Å². The second-order valence-corrected chi connectivity index (χ2v) is 5.77. The van der Waals surface area contributed by atoms with Crippen LogP contribution in [0.1, 0.15) is 43.5 Å². The van der Waals surface area contributed by atoms with E-state index in [1.54, 1.807) is 12.1 Å². The minimum Gasteiger partial charge on any atom is -0.478 e. The Hall–Kier alpha value is -1.03. The Morgan fingerprint density at radius 3 is 2.67 bits per heavy atom. The summed E-state index contributed by atoms with van der Waals surface area (Å²) in [4.78, 5) is 10.9. The molecule has 0 aliphatic heterocycles. The Morgan fingerprint density at radius 1 is 1.33 bits per heavy atom. The SMILES string of the molecule is CC(C)CCCCNc1cc(Br)cc(C(=O)O)c1. The van der Waals surface area contributed by atoms with Crippen LogP contribution in [-0.2, 0) is 0 Å². The average Bonchev–Trinajstić information content (AvgIpc) is 2.27. The number of unbranched alkanes of at least 4 members (excludes halogenated alkanes) is 1. The maximum Gasteiger partial charge on any atom is 0.335 e. The minimum atomic E-state index is -0.904. The molecule has 0 aliphatic carbocycles. The molecule has 2 N–H and O–H groups in total. The Balaban J connectivity index is 2.44. The molecule has 1 aromatic rings. The van der Waals surface area contributed by atoms with E-state index in [9.17, 15) is 4.79 Å². The fraction of sp³-hybridized carbons (Fsp3) is 0.500. The monoisotopic (exact) mass is 313 g/mol. The van der Waals surface area contributed by atoms with Gasteiger partial charge in [0.25, 0.3) is 0 Å². The van der Waals surface area contributed by atoms with Crippen molar-refractivity contribution < 1.29 is 9.90 Å². The second-order valence-electron chi connectivity index (χ2n) is 4.85. The molecule has 1 rings (SSSR count). The maximum absolute atomic E-state index is 10.9. The fourth-order valence-electron chi connectivity index (χ4n) is 1.73. The lowest BCUT2D eigenvalue weighted by atomic mass is 10.1. The van der Waals surface area contributed by atoms with Gasteiger partial charge in [-0.15, -0.1) is 0 Å². The van der Waals surface area contributed by atoms with Gasteiger partial charge in [-0.05, 0) is 30.5 Å². The van der Waals surface area contributed by atoms with E-state index in [1.165, 1.54) is 12.8 Å². The van der Waals surface area contributed by atoms with Gasteiger partial charge < -0.3 is 10.4 Å². The minimum absolute atomic E-state index is 0.300. The number of carboxylic acid groups (broad SMARTS) is 1. The van der Waals surface area contributed by atoms with Crippen molar-refractivity contribution in [2.45, 2.75) is 33.1 Å². The molecule has 3 nitrogen and oxygen atoms in total. The third-order valence-electron chi connectivity index (χ3n) is 2.68. The summed E-state index contributed by atoms with van der Waals surface area (Å²) in [5, 5.41) is 12.2. The molecule has 0 atom stereocenters. The van der Waals surface area contributed by atoms with Crippen LogP contribution in [0.5, 0.6) is 0 Å². The van der Waals surface area contributed by atoms with Crippen LogP contribution in [0.2, 0.25) is 0 Å². The van der Waals surface area contributed by atoms with Crippen molar-refractivity contribution in [2.75, 3.05) is 11.9 Å². The van der Waals surface area contributed by atoms with Crippen molar-refractivity contribution in [3.05, 3.63) is 28.2 Å². The highest BCUT2D eigenvalue weighted by Crippen LogP contribution is 2.20. The smallest absolute Gasteiger partial charge is 0.335 e. The molecule has 0 aliphatic rings. The van der Waals surface area contributed by atoms with Crippen LogP contribution in [0.15, 0.2) is 22.7 Å². The highest BCUT2D eigenvalue weighted by atomic mass is 79.9. The van der Waals surface area contributed by atoms with Crippen molar-refractivity contribution in [3.8, 4) is 0 Å². The Morgan fingerprint density at radius 2 is 2.06 bits per heavy atom. The van der Waals surface area contributed by atoms with Gasteiger partial charge in [-0.1, -0.05) is 42.6 Å². The summed E-state index contributed by atoms with van der Waals surface area (Å²) in [6, 6.07) is 5.16. The van der Waals surface area contributed by atoms with Crippen LogP contribution in [0.3, 0.4) is 0 Å². The lowest BCUT2D eigenvalue weighted by Gasteiger charge is -2.09. The van der Waals surface area contributed by atoms with E-state index >= 15 is 0 Å². The maximum atomic E-state index is 10.9. The largest absolute Gasteiger partial charge is 0.478 e. The summed E-state index contributed by atoms with van der Waals surface area (Å²) in [6.07, 6.45) is 3.54. The van der Waals surface area contributed by atoms with Crippen molar-refractivity contribution in [2.24, 2.45) is 5.92 Å². The van der Waals surface area contributed by atoms with Crippen molar-refractivity contribution in [3.63, 3.8) is 0 Å². The number of carboxylic acids is 1. The third-order valence-corrected chi connectivity index (χ3v) is 3.14. The number of nitrogens with one attached hydrogen (secondary N) is 1. The van der Waals surface area contributed by atoms with E-state index in [0.717, 1.165) is 29.0 Å². The van der Waals surface area contributed by atoms with Crippen LogP contribution in [-0.4, -0.2) is 17.6 Å². The zero-order valence-electron chi connectivity index (χ0n) is 10.9. The molecule has 0 aromatic heterocycles. The van der Waals surface area contributed by atoms with Gasteiger partial charge in [0.1, 0.15) is 0 Å². The molecule has 0 saturated carbocycles. The van der Waals surface area contributed by atoms with E-state index < -0.39 is 5.97 Å². The molecule has 0 fully saturated rings. The van der Waals surface area contributed by atoms with E-state index in [0.29, 0.717) is 5.56 Å². The zero-order valence-corrected chi connectivity index (χ0v) is 12.5. The van der Waals surface area contributed by atoms with Gasteiger partial charge in [0.05, 0.1) is 5.56 Å². The van der Waals surface area contributed by atoms with Gasteiger partial charge in [-0.2, -0.15) is 0 Å². The normalized spacial score (nSPS) is 10.7. The van der Waals surface area contributed by atoms with Crippen LogP contribution >= 0.6 is 15.9 Å². The van der Waals surface area contributed by atoms with Crippen LogP contribution in [0, 0.1) is 5.92 Å². The predicted octanol–water partition coefficient (Wildman–Crippen LogP) is 4.39. The van der Waals surface area contributed by atoms with Crippen LogP contribution < -0.4 is 5.32 Å². The van der Waals surface area contributed by atoms with Gasteiger partial charge in [0.15, 0.2) is 0 Å². The Kier molecular flexibility index (Phi) is 6.19. The molecular weight excluding hydrogens is 294 g/mol. The first-order valence-corrected chi connectivity index (χ1v) is 7.06. The molecule has 1 aromatic carbocycles. The molecule has 0 unspecified atom stereocenters. The van der Waals surface area contributed by atoms with Gasteiger partial charge in [-0.3, -0.25) is 0 Å². The number of aromatic carboxylic acids is 1. The van der Waals surface area contributed by atoms with E-state index in [4.69, 9.17) is 5.11 Å². The van der Waals surface area contributed by atoms with E-state index in [1.807, 2.05) is 6.07 Å². The van der Waals surface area contributed by atoms with Gasteiger partial charge in [0, 0.05) is 16.7 Å². The highest BCUT2D eigenvalue weighted by Gasteiger charge is 2.05. The number of carbonyl (C=O) groups is 1. The highest BCUT2D eigenvalue weighted by molar-refractivity contribution is 9.10. The lowest BCUT2D eigenvalue weighted by molar-refractivity contribution is 0.0697. The molecule has 0 heterocycles. The fourth-order valence-corrected chi connectivity index (χ4v) is 2.22. The third kappa shape index (κ3) is 5.54. The summed E-state index contributed by atoms with van der Waals surface area (Å²) in [7, 11) is 0. The standard InChI is InChI=1S/C14H20BrNO2/c1-10(2)5-3-4-6-16-13-8-11(14(17)18)7-12(15)9-13/h7-10,16H,3-6H2,1-2H3,(H,17,18). The Labute approximate surface area is 117 Å². The molecule has 0 spiro atoms. The number of rotatable bonds is 7. The second kappa shape index (κ2) is 7.41. The van der Waals surface area contributed by atoms with Crippen LogP contribution in [0.25, 0.3) is 0 Å². The first kappa shape index (κ1) is 15.0. The van der Waals surface area contributed by atoms with Crippen molar-refractivity contribution in [1.82, 2.24) is 0 Å². The molecule has 0 amide bonds. The van der Waals surface area contributed by atoms with Crippen molar-refractivity contribution in [1.29, 1.82) is 0 Å². The molecule has 100 valence electrons. The van der Waals surface area contributed by atoms with E-state index in [2.05, 4.69) is 35.1 Å². The number of hydrogen-bond donors (Lipinski definition) is 2. The molecule has 0 bridgehead atoms. The summed E-state index contributed by atoms with van der Waals surface area (Å²) in [6.45, 7) is 5.32. The molecule has 18 heavy (non-hydrogen) atoms. The number of benzene rings is 1. The number of halogens is 1. The zero-order chi connectivity index (χ0) is 13.5. The van der Waals surface area contributed by atoms with Gasteiger partial charge >= 0.3 is 5.97 Å². The molecular formula is C14H20BrNO2. The summed E-state index contributed by atoms with van der Waals surface area (Å²) >= 11 is 3.32. The number of anilines is 1. The average molecular weight is 314 g/mol. The van der Waals surface area contributed by atoms with Gasteiger partial charge in [-0.25, -0.2) is 4.79 Å². The summed E-state index contributed by atoms with van der Waals surface area (Å²) in [5.74, 6) is -0.159. The van der Waals surface area contributed by atoms with Crippen LogP contribution in [0.4, 0.5) is 5.69 Å². The molecule has 4 heteroatoms. The first-order chi connectivity index (χ1) is 8.49. The first-order valence-electron chi connectivity index (χ1n) is 6.27. The van der Waals surface area contributed by atoms with Crippen molar-refractivity contribution >= 4 is 27.6 Å². The summed E-state index contributed by atoms with van der Waals surface area (Å²) in [5.41, 5.74) is 1.15. The Bertz CT molecular complexity index is 405. The van der Waals surface area contributed by atoms with E-state index in [-0.39, 0.29) is 0 Å². The lowest BCUT2D eigenvalue weighted by Crippen LogP contribution is -2.04. The predicted molar refractivity (Wildman–Crippen MR) is 78.3 cm³/mol. The quantitative estimate of drug-likeness (QED) is 0.734.